The third-order valence-electron chi connectivity index (χ3n) is 5.30. The van der Waals surface area contributed by atoms with Crippen molar-refractivity contribution in [1.82, 2.24) is 4.90 Å². The van der Waals surface area contributed by atoms with Crippen LogP contribution in [0.15, 0.2) is 48.5 Å². The Labute approximate surface area is 176 Å². The van der Waals surface area contributed by atoms with Crippen molar-refractivity contribution in [3.8, 4) is 5.75 Å². The highest BCUT2D eigenvalue weighted by Crippen LogP contribution is 2.31. The molecule has 0 unspecified atom stereocenters. The first-order chi connectivity index (χ1) is 14.5. The summed E-state index contributed by atoms with van der Waals surface area (Å²) in [7, 11) is 1.54. The van der Waals surface area contributed by atoms with Crippen LogP contribution in [0.1, 0.15) is 35.2 Å². The number of benzene rings is 2. The molecule has 30 heavy (non-hydrogen) atoms. The van der Waals surface area contributed by atoms with E-state index < -0.39 is 12.0 Å². The maximum atomic E-state index is 12.8. The van der Waals surface area contributed by atoms with Gasteiger partial charge in [-0.05, 0) is 48.9 Å². The molecule has 1 atom stereocenters. The second kappa shape index (κ2) is 10.2. The summed E-state index contributed by atoms with van der Waals surface area (Å²) in [5.74, 6) is -0.0423. The number of ether oxygens (including phenoxy) is 1. The van der Waals surface area contributed by atoms with Gasteiger partial charge in [-0.2, -0.15) is 0 Å². The van der Waals surface area contributed by atoms with Crippen LogP contribution < -0.4 is 15.8 Å². The van der Waals surface area contributed by atoms with Gasteiger partial charge in [-0.25, -0.2) is 0 Å². The molecule has 0 saturated heterocycles. The fourth-order valence-corrected chi connectivity index (χ4v) is 3.39. The van der Waals surface area contributed by atoms with Crippen LogP contribution in [0.2, 0.25) is 0 Å². The van der Waals surface area contributed by atoms with E-state index in [2.05, 4.69) is 10.2 Å². The number of carboxylic acids is 1. The van der Waals surface area contributed by atoms with Crippen LogP contribution in [0.4, 0.5) is 5.69 Å². The van der Waals surface area contributed by atoms with Gasteiger partial charge in [-0.1, -0.05) is 30.3 Å². The van der Waals surface area contributed by atoms with Crippen LogP contribution in [0.3, 0.4) is 0 Å². The Bertz CT molecular complexity index is 882. The maximum Gasteiger partial charge on any atom is 0.320 e. The normalized spacial score (nSPS) is 14.4. The molecule has 0 bridgehead atoms. The molecule has 7 heteroatoms. The number of nitrogens with two attached hydrogens (primary N) is 1. The van der Waals surface area contributed by atoms with Crippen molar-refractivity contribution in [1.29, 1.82) is 0 Å². The lowest BCUT2D eigenvalue weighted by atomic mass is 10.1. The number of rotatable bonds is 11. The minimum Gasteiger partial charge on any atom is -0.496 e. The average Bonchev–Trinajstić information content (AvgIpc) is 3.57. The second-order valence-electron chi connectivity index (χ2n) is 7.72. The molecule has 3 rings (SSSR count). The zero-order valence-electron chi connectivity index (χ0n) is 17.2. The molecular weight excluding hydrogens is 382 g/mol. The minimum atomic E-state index is -0.981. The number of para-hydroxylation sites is 2. The average molecular weight is 412 g/mol. The highest BCUT2D eigenvalue weighted by molar-refractivity contribution is 6.06. The SMILES string of the molecule is COc1ccccc1C(=O)Nc1ccccc1CN(CC[C@H](N)C(=O)O)CC1CC1. The third kappa shape index (κ3) is 6.05. The summed E-state index contributed by atoms with van der Waals surface area (Å²) < 4.78 is 5.29. The zero-order chi connectivity index (χ0) is 21.5. The number of carbonyl (C=O) groups excluding carboxylic acids is 1. The van der Waals surface area contributed by atoms with E-state index in [1.165, 1.54) is 20.0 Å². The second-order valence-corrected chi connectivity index (χ2v) is 7.72. The number of anilines is 1. The summed E-state index contributed by atoms with van der Waals surface area (Å²) in [4.78, 5) is 26.1. The van der Waals surface area contributed by atoms with Crippen LogP contribution in [-0.2, 0) is 11.3 Å². The predicted octanol–water partition coefficient (Wildman–Crippen LogP) is 2.96. The van der Waals surface area contributed by atoms with E-state index in [9.17, 15) is 9.59 Å². The predicted molar refractivity (Wildman–Crippen MR) is 116 cm³/mol. The molecule has 1 saturated carbocycles. The molecule has 0 aromatic heterocycles. The Balaban J connectivity index is 1.72. The van der Waals surface area contributed by atoms with Gasteiger partial charge in [0.25, 0.3) is 5.91 Å². The molecule has 4 N–H and O–H groups in total. The van der Waals surface area contributed by atoms with Crippen molar-refractivity contribution in [2.75, 3.05) is 25.5 Å². The molecule has 1 aliphatic rings. The monoisotopic (exact) mass is 411 g/mol. The van der Waals surface area contributed by atoms with Crippen molar-refractivity contribution in [2.45, 2.75) is 31.8 Å². The first kappa shape index (κ1) is 21.8. The van der Waals surface area contributed by atoms with Crippen molar-refractivity contribution >= 4 is 17.6 Å². The number of aliphatic carboxylic acids is 1. The fourth-order valence-electron chi connectivity index (χ4n) is 3.39. The standard InChI is InChI=1S/C23H29N3O4/c1-30-21-9-5-3-7-18(21)22(27)25-20-8-4-2-6-17(20)15-26(14-16-10-11-16)13-12-19(24)23(28)29/h2-9,16,19H,10-15,24H2,1H3,(H,25,27)(H,28,29)/t19-/m0/s1. The van der Waals surface area contributed by atoms with E-state index in [-0.39, 0.29) is 5.91 Å². The number of hydrogen-bond acceptors (Lipinski definition) is 5. The largest absolute Gasteiger partial charge is 0.496 e. The Kier molecular flexibility index (Phi) is 7.43. The molecule has 0 heterocycles. The summed E-state index contributed by atoms with van der Waals surface area (Å²) in [6.07, 6.45) is 2.79. The van der Waals surface area contributed by atoms with Crippen LogP contribution in [0, 0.1) is 5.92 Å². The first-order valence-electron chi connectivity index (χ1n) is 10.2. The Morgan fingerprint density at radius 1 is 1.20 bits per heavy atom. The number of nitrogens with zero attached hydrogens (tertiary/aromatic N) is 1. The van der Waals surface area contributed by atoms with Gasteiger partial charge in [0.15, 0.2) is 0 Å². The van der Waals surface area contributed by atoms with Gasteiger partial charge in [-0.15, -0.1) is 0 Å². The molecule has 1 amide bonds. The highest BCUT2D eigenvalue weighted by Gasteiger charge is 2.25. The topological polar surface area (TPSA) is 105 Å². The van der Waals surface area contributed by atoms with Gasteiger partial charge in [0, 0.05) is 25.3 Å². The number of amides is 1. The van der Waals surface area contributed by atoms with E-state index in [0.29, 0.717) is 36.7 Å². The Morgan fingerprint density at radius 2 is 1.90 bits per heavy atom. The number of methoxy groups -OCH3 is 1. The Morgan fingerprint density at radius 3 is 2.60 bits per heavy atom. The van der Waals surface area contributed by atoms with Crippen molar-refractivity contribution < 1.29 is 19.4 Å². The first-order valence-corrected chi connectivity index (χ1v) is 10.2. The van der Waals surface area contributed by atoms with Crippen molar-refractivity contribution in [3.05, 3.63) is 59.7 Å². The lowest BCUT2D eigenvalue weighted by Crippen LogP contribution is -2.36. The third-order valence-corrected chi connectivity index (χ3v) is 5.30. The molecule has 0 radical (unpaired) electrons. The van der Waals surface area contributed by atoms with Gasteiger partial charge in [0.05, 0.1) is 12.7 Å². The molecule has 0 aliphatic heterocycles. The number of hydrogen-bond donors (Lipinski definition) is 3. The quantitative estimate of drug-likeness (QED) is 0.525. The molecule has 1 fully saturated rings. The molecule has 2 aromatic carbocycles. The van der Waals surface area contributed by atoms with Crippen molar-refractivity contribution in [2.24, 2.45) is 11.7 Å². The summed E-state index contributed by atoms with van der Waals surface area (Å²) in [6.45, 7) is 2.12. The zero-order valence-corrected chi connectivity index (χ0v) is 17.2. The lowest BCUT2D eigenvalue weighted by Gasteiger charge is -2.24. The van der Waals surface area contributed by atoms with E-state index in [1.807, 2.05) is 30.3 Å². The molecule has 1 aliphatic carbocycles. The van der Waals surface area contributed by atoms with E-state index in [0.717, 1.165) is 17.8 Å². The summed E-state index contributed by atoms with van der Waals surface area (Å²) >= 11 is 0. The smallest absolute Gasteiger partial charge is 0.320 e. The molecule has 0 spiro atoms. The van der Waals surface area contributed by atoms with E-state index >= 15 is 0 Å². The van der Waals surface area contributed by atoms with Crippen LogP contribution in [-0.4, -0.2) is 48.1 Å². The fraction of sp³-hybridized carbons (Fsp3) is 0.391. The van der Waals surface area contributed by atoms with Gasteiger partial charge >= 0.3 is 5.97 Å². The van der Waals surface area contributed by atoms with Crippen LogP contribution in [0.25, 0.3) is 0 Å². The van der Waals surface area contributed by atoms with Crippen molar-refractivity contribution in [3.63, 3.8) is 0 Å². The number of carbonyl (C=O) groups is 2. The Hall–Kier alpha value is -2.90. The molecule has 2 aromatic rings. The summed E-state index contributed by atoms with van der Waals surface area (Å²) in [5.41, 5.74) is 7.88. The molecule has 160 valence electrons. The number of nitrogens with one attached hydrogen (secondary N) is 1. The lowest BCUT2D eigenvalue weighted by molar-refractivity contribution is -0.138. The minimum absolute atomic E-state index is 0.235. The number of carboxylic acid groups (broad SMARTS) is 1. The summed E-state index contributed by atoms with van der Waals surface area (Å²) in [6, 6.07) is 13.9. The van der Waals surface area contributed by atoms with E-state index in [1.54, 1.807) is 18.2 Å². The van der Waals surface area contributed by atoms with Crippen LogP contribution in [0.5, 0.6) is 5.75 Å². The highest BCUT2D eigenvalue weighted by atomic mass is 16.5. The van der Waals surface area contributed by atoms with Gasteiger partial charge in [-0.3, -0.25) is 14.5 Å². The molecule has 7 nitrogen and oxygen atoms in total. The van der Waals surface area contributed by atoms with Gasteiger partial charge < -0.3 is 20.9 Å². The van der Waals surface area contributed by atoms with Gasteiger partial charge in [0.1, 0.15) is 11.8 Å². The van der Waals surface area contributed by atoms with Crippen LogP contribution >= 0.6 is 0 Å². The summed E-state index contributed by atoms with van der Waals surface area (Å²) in [5, 5.41) is 12.1. The van der Waals surface area contributed by atoms with E-state index in [4.69, 9.17) is 15.6 Å². The maximum absolute atomic E-state index is 12.8. The molecular formula is C23H29N3O4. The van der Waals surface area contributed by atoms with Gasteiger partial charge in [0.2, 0.25) is 0 Å².